The van der Waals surface area contributed by atoms with Gasteiger partial charge < -0.3 is 14.8 Å². The number of hydrogen-bond donors (Lipinski definition) is 1. The van der Waals surface area contributed by atoms with E-state index in [0.29, 0.717) is 28.8 Å². The number of hydrogen-bond acceptors (Lipinski definition) is 5. The van der Waals surface area contributed by atoms with Gasteiger partial charge in [-0.2, -0.15) is 0 Å². The Morgan fingerprint density at radius 2 is 1.72 bits per heavy atom. The highest BCUT2D eigenvalue weighted by molar-refractivity contribution is 7.94. The minimum absolute atomic E-state index is 0.193. The standard InChI is InChI=1S/C18H18ClNO4S/c1-23-17-9-12-7-8-20-16(15(12)10-18(17)24-2)11-25(21,22)14-5-3-13(19)4-6-14/h3-6,9-11,20H,7-8H2,1-2H3/b16-11-. The quantitative estimate of drug-likeness (QED) is 0.883. The van der Waals surface area contributed by atoms with Crippen LogP contribution in [-0.4, -0.2) is 29.2 Å². The summed E-state index contributed by atoms with van der Waals surface area (Å²) in [5, 5.41) is 4.90. The first-order valence-corrected chi connectivity index (χ1v) is 9.58. The molecule has 1 N–H and O–H groups in total. The molecule has 7 heteroatoms. The lowest BCUT2D eigenvalue weighted by atomic mass is 9.98. The highest BCUT2D eigenvalue weighted by Crippen LogP contribution is 2.35. The number of sulfone groups is 1. The Bertz CT molecular complexity index is 921. The molecule has 132 valence electrons. The first-order valence-electron chi connectivity index (χ1n) is 7.66. The second-order valence-electron chi connectivity index (χ2n) is 5.57. The summed E-state index contributed by atoms with van der Waals surface area (Å²) < 4.78 is 36.0. The van der Waals surface area contributed by atoms with Crippen LogP contribution in [0, 0.1) is 0 Å². The van der Waals surface area contributed by atoms with Gasteiger partial charge in [0.2, 0.25) is 9.84 Å². The number of benzene rings is 2. The maximum atomic E-state index is 12.7. The van der Waals surface area contributed by atoms with E-state index >= 15 is 0 Å². The van der Waals surface area contributed by atoms with Crippen molar-refractivity contribution in [1.29, 1.82) is 0 Å². The maximum Gasteiger partial charge on any atom is 0.201 e. The van der Waals surface area contributed by atoms with Crippen molar-refractivity contribution in [3.8, 4) is 11.5 Å². The zero-order valence-corrected chi connectivity index (χ0v) is 15.4. The molecule has 5 nitrogen and oxygen atoms in total. The van der Waals surface area contributed by atoms with Crippen LogP contribution in [-0.2, 0) is 16.3 Å². The second kappa shape index (κ2) is 6.98. The Kier molecular flexibility index (Phi) is 4.92. The lowest BCUT2D eigenvalue weighted by Crippen LogP contribution is -2.23. The molecule has 1 aliphatic rings. The largest absolute Gasteiger partial charge is 0.493 e. The van der Waals surface area contributed by atoms with Gasteiger partial charge in [-0.15, -0.1) is 0 Å². The average molecular weight is 380 g/mol. The van der Waals surface area contributed by atoms with Crippen LogP contribution < -0.4 is 14.8 Å². The highest BCUT2D eigenvalue weighted by Gasteiger charge is 2.21. The first-order chi connectivity index (χ1) is 11.9. The van der Waals surface area contributed by atoms with E-state index in [9.17, 15) is 8.42 Å². The molecule has 3 rings (SSSR count). The summed E-state index contributed by atoms with van der Waals surface area (Å²) in [6, 6.07) is 9.79. The number of methoxy groups -OCH3 is 2. The maximum absolute atomic E-state index is 12.7. The van der Waals surface area contributed by atoms with Gasteiger partial charge in [-0.1, -0.05) is 11.6 Å². The van der Waals surface area contributed by atoms with Crippen molar-refractivity contribution in [2.75, 3.05) is 20.8 Å². The molecule has 0 atom stereocenters. The van der Waals surface area contributed by atoms with Gasteiger partial charge in [-0.25, -0.2) is 8.42 Å². The summed E-state index contributed by atoms with van der Waals surface area (Å²) in [5.41, 5.74) is 2.34. The van der Waals surface area contributed by atoms with Crippen molar-refractivity contribution in [2.45, 2.75) is 11.3 Å². The normalized spacial score (nSPS) is 15.4. The van der Waals surface area contributed by atoms with E-state index in [2.05, 4.69) is 5.32 Å². The third kappa shape index (κ3) is 3.60. The van der Waals surface area contributed by atoms with Crippen molar-refractivity contribution in [3.63, 3.8) is 0 Å². The van der Waals surface area contributed by atoms with E-state index in [4.69, 9.17) is 21.1 Å². The molecule has 2 aromatic carbocycles. The second-order valence-corrected chi connectivity index (χ2v) is 7.81. The van der Waals surface area contributed by atoms with E-state index in [-0.39, 0.29) is 4.90 Å². The fourth-order valence-corrected chi connectivity index (χ4v) is 4.06. The monoisotopic (exact) mass is 379 g/mol. The molecule has 0 unspecified atom stereocenters. The molecular weight excluding hydrogens is 362 g/mol. The molecule has 0 aromatic heterocycles. The Morgan fingerprint density at radius 3 is 2.36 bits per heavy atom. The van der Waals surface area contributed by atoms with E-state index in [1.165, 1.54) is 17.5 Å². The Morgan fingerprint density at radius 1 is 1.08 bits per heavy atom. The summed E-state index contributed by atoms with van der Waals surface area (Å²) in [6.07, 6.45) is 0.772. The number of ether oxygens (including phenoxy) is 2. The van der Waals surface area contributed by atoms with Crippen molar-refractivity contribution in [2.24, 2.45) is 0 Å². The SMILES string of the molecule is COc1cc2c(cc1OC)/C(=C/S(=O)(=O)c1ccc(Cl)cc1)NCC2. The van der Waals surface area contributed by atoms with Crippen LogP contribution >= 0.6 is 11.6 Å². The van der Waals surface area contributed by atoms with Gasteiger partial charge in [0.25, 0.3) is 0 Å². The van der Waals surface area contributed by atoms with Crippen LogP contribution in [0.3, 0.4) is 0 Å². The van der Waals surface area contributed by atoms with Gasteiger partial charge in [0.1, 0.15) is 0 Å². The zero-order valence-electron chi connectivity index (χ0n) is 13.9. The van der Waals surface area contributed by atoms with Gasteiger partial charge in [-0.3, -0.25) is 0 Å². The number of fused-ring (bicyclic) bond motifs is 1. The molecule has 2 aromatic rings. The van der Waals surface area contributed by atoms with Crippen molar-refractivity contribution in [3.05, 3.63) is 58.0 Å². The molecule has 0 fully saturated rings. The predicted octanol–water partition coefficient (Wildman–Crippen LogP) is 3.28. The molecule has 0 radical (unpaired) electrons. The Hall–Kier alpha value is -2.18. The molecule has 25 heavy (non-hydrogen) atoms. The van der Waals surface area contributed by atoms with Gasteiger partial charge in [-0.05, 0) is 48.4 Å². The number of rotatable bonds is 4. The number of nitrogens with one attached hydrogen (secondary N) is 1. The molecule has 0 saturated carbocycles. The molecular formula is C18H18ClNO4S. The fraction of sp³-hybridized carbons (Fsp3) is 0.222. The molecule has 0 bridgehead atoms. The zero-order chi connectivity index (χ0) is 18.0. The highest BCUT2D eigenvalue weighted by atomic mass is 35.5. The minimum Gasteiger partial charge on any atom is -0.493 e. The lowest BCUT2D eigenvalue weighted by molar-refractivity contribution is 0.354. The number of halogens is 1. The smallest absolute Gasteiger partial charge is 0.201 e. The fourth-order valence-electron chi connectivity index (χ4n) is 2.76. The Balaban J connectivity index is 2.08. The van der Waals surface area contributed by atoms with Gasteiger partial charge >= 0.3 is 0 Å². The summed E-state index contributed by atoms with van der Waals surface area (Å²) in [7, 11) is -0.483. The van der Waals surface area contributed by atoms with Gasteiger partial charge in [0.15, 0.2) is 11.5 Å². The van der Waals surface area contributed by atoms with Crippen molar-refractivity contribution >= 4 is 27.1 Å². The van der Waals surface area contributed by atoms with Crippen LogP contribution in [0.2, 0.25) is 5.02 Å². The lowest BCUT2D eigenvalue weighted by Gasteiger charge is -2.23. The minimum atomic E-state index is -3.61. The van der Waals surface area contributed by atoms with Crippen LogP contribution in [0.25, 0.3) is 5.70 Å². The van der Waals surface area contributed by atoms with E-state index in [1.54, 1.807) is 32.4 Å². The third-order valence-electron chi connectivity index (χ3n) is 4.02. The summed E-state index contributed by atoms with van der Waals surface area (Å²) in [5.74, 6) is 1.18. The van der Waals surface area contributed by atoms with Gasteiger partial charge in [0.05, 0.1) is 30.2 Å². The summed E-state index contributed by atoms with van der Waals surface area (Å²) in [6.45, 7) is 0.643. The van der Waals surface area contributed by atoms with Crippen molar-refractivity contribution in [1.82, 2.24) is 5.32 Å². The van der Waals surface area contributed by atoms with Gasteiger partial charge in [0, 0.05) is 17.1 Å². The third-order valence-corrected chi connectivity index (χ3v) is 5.75. The van der Waals surface area contributed by atoms with Crippen LogP contribution in [0.1, 0.15) is 11.1 Å². The Labute approximate surface area is 152 Å². The molecule has 0 amide bonds. The van der Waals surface area contributed by atoms with Crippen LogP contribution in [0.5, 0.6) is 11.5 Å². The van der Waals surface area contributed by atoms with E-state index in [0.717, 1.165) is 17.5 Å². The average Bonchev–Trinajstić information content (AvgIpc) is 2.61. The van der Waals surface area contributed by atoms with Crippen LogP contribution in [0.4, 0.5) is 0 Å². The summed E-state index contributed by atoms with van der Waals surface area (Å²) >= 11 is 5.83. The predicted molar refractivity (Wildman–Crippen MR) is 97.9 cm³/mol. The van der Waals surface area contributed by atoms with E-state index < -0.39 is 9.84 Å². The molecule has 0 spiro atoms. The molecule has 0 saturated heterocycles. The first kappa shape index (κ1) is 17.6. The molecule has 1 heterocycles. The molecule has 1 aliphatic heterocycles. The topological polar surface area (TPSA) is 64.6 Å². The molecule has 0 aliphatic carbocycles. The van der Waals surface area contributed by atoms with Crippen LogP contribution in [0.15, 0.2) is 46.7 Å². The van der Waals surface area contributed by atoms with Crippen molar-refractivity contribution < 1.29 is 17.9 Å². The summed E-state index contributed by atoms with van der Waals surface area (Å²) in [4.78, 5) is 0.193. The van der Waals surface area contributed by atoms with E-state index in [1.807, 2.05) is 6.07 Å².